The highest BCUT2D eigenvalue weighted by Crippen LogP contribution is 2.23. The SMILES string of the molecule is C=CC(Oc1ccccc1)c1ncccc1C(=O)O. The first-order valence-electron chi connectivity index (χ1n) is 5.75. The van der Waals surface area contributed by atoms with Crippen LogP contribution in [0.2, 0.25) is 0 Å². The molecule has 1 aromatic carbocycles. The molecule has 0 saturated carbocycles. The quantitative estimate of drug-likeness (QED) is 0.834. The van der Waals surface area contributed by atoms with Crippen LogP contribution in [0.3, 0.4) is 0 Å². The number of nitrogens with zero attached hydrogens (tertiary/aromatic N) is 1. The van der Waals surface area contributed by atoms with Gasteiger partial charge in [-0.15, -0.1) is 0 Å². The number of benzene rings is 1. The summed E-state index contributed by atoms with van der Waals surface area (Å²) in [7, 11) is 0. The molecule has 1 N–H and O–H groups in total. The minimum atomic E-state index is -1.04. The maximum atomic E-state index is 11.2. The molecular formula is C15H13NO3. The van der Waals surface area contributed by atoms with Crippen molar-refractivity contribution in [2.24, 2.45) is 0 Å². The van der Waals surface area contributed by atoms with Crippen LogP contribution in [0.15, 0.2) is 61.3 Å². The average molecular weight is 255 g/mol. The van der Waals surface area contributed by atoms with Crippen molar-refractivity contribution < 1.29 is 14.6 Å². The minimum absolute atomic E-state index is 0.114. The lowest BCUT2D eigenvalue weighted by molar-refractivity contribution is 0.0691. The van der Waals surface area contributed by atoms with E-state index in [0.717, 1.165) is 0 Å². The van der Waals surface area contributed by atoms with Crippen molar-refractivity contribution in [3.05, 3.63) is 72.6 Å². The van der Waals surface area contributed by atoms with Crippen LogP contribution in [-0.2, 0) is 0 Å². The second kappa shape index (κ2) is 5.82. The zero-order chi connectivity index (χ0) is 13.7. The van der Waals surface area contributed by atoms with Crippen molar-refractivity contribution in [2.75, 3.05) is 0 Å². The number of hydrogen-bond acceptors (Lipinski definition) is 3. The molecule has 0 aliphatic rings. The molecule has 0 radical (unpaired) electrons. The first-order chi connectivity index (χ1) is 9.22. The fourth-order valence-electron chi connectivity index (χ4n) is 1.69. The third kappa shape index (κ3) is 2.98. The molecule has 1 aromatic heterocycles. The number of carboxylic acid groups (broad SMARTS) is 1. The topological polar surface area (TPSA) is 59.4 Å². The summed E-state index contributed by atoms with van der Waals surface area (Å²) < 4.78 is 5.70. The Labute approximate surface area is 111 Å². The van der Waals surface area contributed by atoms with Gasteiger partial charge in [0.1, 0.15) is 5.75 Å². The van der Waals surface area contributed by atoms with Gasteiger partial charge >= 0.3 is 5.97 Å². The van der Waals surface area contributed by atoms with Crippen molar-refractivity contribution in [1.29, 1.82) is 0 Å². The normalized spacial score (nSPS) is 11.6. The predicted octanol–water partition coefficient (Wildman–Crippen LogP) is 3.09. The molecular weight excluding hydrogens is 242 g/mol. The van der Waals surface area contributed by atoms with E-state index in [1.54, 1.807) is 18.2 Å². The molecule has 0 aliphatic carbocycles. The monoisotopic (exact) mass is 255 g/mol. The first-order valence-corrected chi connectivity index (χ1v) is 5.75. The number of para-hydroxylation sites is 1. The standard InChI is InChI=1S/C15H13NO3/c1-2-13(19-11-7-4-3-5-8-11)14-12(15(17)18)9-6-10-16-14/h2-10,13H,1H2,(H,17,18). The summed E-state index contributed by atoms with van der Waals surface area (Å²) in [6.45, 7) is 3.68. The van der Waals surface area contributed by atoms with Crippen LogP contribution in [0.25, 0.3) is 0 Å². The van der Waals surface area contributed by atoms with E-state index in [1.807, 2.05) is 18.2 Å². The zero-order valence-corrected chi connectivity index (χ0v) is 10.2. The maximum absolute atomic E-state index is 11.2. The van der Waals surface area contributed by atoms with E-state index >= 15 is 0 Å². The first kappa shape index (κ1) is 12.8. The molecule has 2 rings (SSSR count). The van der Waals surface area contributed by atoms with Gasteiger partial charge < -0.3 is 9.84 Å². The van der Waals surface area contributed by atoms with E-state index in [9.17, 15) is 4.79 Å². The lowest BCUT2D eigenvalue weighted by atomic mass is 10.1. The number of hydrogen-bond donors (Lipinski definition) is 1. The van der Waals surface area contributed by atoms with Crippen molar-refractivity contribution in [3.63, 3.8) is 0 Å². The summed E-state index contributed by atoms with van der Waals surface area (Å²) in [6.07, 6.45) is 2.46. The van der Waals surface area contributed by atoms with Crippen LogP contribution >= 0.6 is 0 Å². The summed E-state index contributed by atoms with van der Waals surface area (Å²) in [5.74, 6) is -0.402. The molecule has 19 heavy (non-hydrogen) atoms. The van der Waals surface area contributed by atoms with Gasteiger partial charge in [0.15, 0.2) is 6.10 Å². The number of carbonyl (C=O) groups is 1. The van der Waals surface area contributed by atoms with Gasteiger partial charge in [-0.2, -0.15) is 0 Å². The van der Waals surface area contributed by atoms with E-state index in [2.05, 4.69) is 11.6 Å². The molecule has 2 aromatic rings. The summed E-state index contributed by atoms with van der Waals surface area (Å²) in [5.41, 5.74) is 0.456. The molecule has 0 spiro atoms. The Morgan fingerprint density at radius 2 is 2.00 bits per heavy atom. The molecule has 4 nitrogen and oxygen atoms in total. The highest BCUT2D eigenvalue weighted by Gasteiger charge is 2.19. The molecule has 0 amide bonds. The fourth-order valence-corrected chi connectivity index (χ4v) is 1.69. The van der Waals surface area contributed by atoms with Crippen LogP contribution in [-0.4, -0.2) is 16.1 Å². The lowest BCUT2D eigenvalue weighted by Gasteiger charge is -2.16. The minimum Gasteiger partial charge on any atom is -0.480 e. The molecule has 1 atom stereocenters. The number of aromatic nitrogens is 1. The van der Waals surface area contributed by atoms with Crippen LogP contribution < -0.4 is 4.74 Å². The molecule has 1 heterocycles. The van der Waals surface area contributed by atoms with Gasteiger partial charge in [0.25, 0.3) is 0 Å². The van der Waals surface area contributed by atoms with Gasteiger partial charge in [-0.3, -0.25) is 4.98 Å². The van der Waals surface area contributed by atoms with Crippen LogP contribution in [0.5, 0.6) is 5.75 Å². The maximum Gasteiger partial charge on any atom is 0.337 e. The molecule has 4 heteroatoms. The summed E-state index contributed by atoms with van der Waals surface area (Å²) in [6, 6.07) is 12.2. The van der Waals surface area contributed by atoms with Crippen molar-refractivity contribution >= 4 is 5.97 Å². The summed E-state index contributed by atoms with van der Waals surface area (Å²) in [4.78, 5) is 15.3. The Bertz CT molecular complexity index is 581. The van der Waals surface area contributed by atoms with Gasteiger partial charge in [-0.05, 0) is 30.3 Å². The molecule has 96 valence electrons. The Morgan fingerprint density at radius 1 is 1.26 bits per heavy atom. The van der Waals surface area contributed by atoms with Gasteiger partial charge in [0.2, 0.25) is 0 Å². The van der Waals surface area contributed by atoms with Gasteiger partial charge in [0.05, 0.1) is 11.3 Å². The molecule has 0 aliphatic heterocycles. The van der Waals surface area contributed by atoms with Crippen LogP contribution in [0.4, 0.5) is 0 Å². The summed E-state index contributed by atoms with van der Waals surface area (Å²) >= 11 is 0. The Kier molecular flexibility index (Phi) is 3.93. The summed E-state index contributed by atoms with van der Waals surface area (Å²) in [5, 5.41) is 9.15. The predicted molar refractivity (Wildman–Crippen MR) is 71.2 cm³/mol. The smallest absolute Gasteiger partial charge is 0.337 e. The molecule has 0 bridgehead atoms. The number of carboxylic acids is 1. The second-order valence-corrected chi connectivity index (χ2v) is 3.83. The Balaban J connectivity index is 2.32. The van der Waals surface area contributed by atoms with Crippen LogP contribution in [0, 0.1) is 0 Å². The number of ether oxygens (including phenoxy) is 1. The van der Waals surface area contributed by atoms with E-state index in [-0.39, 0.29) is 5.56 Å². The van der Waals surface area contributed by atoms with Crippen LogP contribution in [0.1, 0.15) is 22.2 Å². The average Bonchev–Trinajstić information content (AvgIpc) is 2.46. The van der Waals surface area contributed by atoms with E-state index < -0.39 is 12.1 Å². The lowest BCUT2D eigenvalue weighted by Crippen LogP contribution is -2.12. The highest BCUT2D eigenvalue weighted by molar-refractivity contribution is 5.89. The Hall–Kier alpha value is -2.62. The number of pyridine rings is 1. The molecule has 0 saturated heterocycles. The molecule has 1 unspecified atom stereocenters. The van der Waals surface area contributed by atoms with Crippen molar-refractivity contribution in [1.82, 2.24) is 4.98 Å². The second-order valence-electron chi connectivity index (χ2n) is 3.83. The van der Waals surface area contributed by atoms with Gasteiger partial charge in [-0.25, -0.2) is 4.79 Å². The third-order valence-electron chi connectivity index (χ3n) is 2.56. The van der Waals surface area contributed by atoms with E-state index in [0.29, 0.717) is 11.4 Å². The van der Waals surface area contributed by atoms with E-state index in [4.69, 9.17) is 9.84 Å². The largest absolute Gasteiger partial charge is 0.480 e. The molecule has 0 fully saturated rings. The van der Waals surface area contributed by atoms with Crippen molar-refractivity contribution in [2.45, 2.75) is 6.10 Å². The Morgan fingerprint density at radius 3 is 2.63 bits per heavy atom. The zero-order valence-electron chi connectivity index (χ0n) is 10.2. The number of aromatic carboxylic acids is 1. The fraction of sp³-hybridized carbons (Fsp3) is 0.0667. The highest BCUT2D eigenvalue weighted by atomic mass is 16.5. The van der Waals surface area contributed by atoms with Gasteiger partial charge in [0, 0.05) is 6.20 Å². The number of rotatable bonds is 5. The van der Waals surface area contributed by atoms with E-state index in [1.165, 1.54) is 18.3 Å². The third-order valence-corrected chi connectivity index (χ3v) is 2.56. The van der Waals surface area contributed by atoms with Gasteiger partial charge in [-0.1, -0.05) is 24.8 Å². The van der Waals surface area contributed by atoms with Crippen molar-refractivity contribution in [3.8, 4) is 5.75 Å².